The molecule has 8 heteroatoms. The van der Waals surface area contributed by atoms with Crippen LogP contribution in [-0.2, 0) is 23.0 Å². The van der Waals surface area contributed by atoms with Crippen LogP contribution in [0.3, 0.4) is 0 Å². The summed E-state index contributed by atoms with van der Waals surface area (Å²) in [5.74, 6) is 0.739. The minimum atomic E-state index is -3.58. The van der Waals surface area contributed by atoms with Crippen molar-refractivity contribution in [3.8, 4) is 0 Å². The molecule has 0 aliphatic carbocycles. The third kappa shape index (κ3) is 3.40. The predicted octanol–water partition coefficient (Wildman–Crippen LogP) is 3.52. The normalized spacial score (nSPS) is 14.4. The molecule has 0 saturated carbocycles. The number of fused-ring (bicyclic) bond motifs is 2. The van der Waals surface area contributed by atoms with Gasteiger partial charge in [0, 0.05) is 42.6 Å². The van der Waals surface area contributed by atoms with Crippen LogP contribution in [0, 0.1) is 0 Å². The van der Waals surface area contributed by atoms with Gasteiger partial charge in [-0.15, -0.1) is 0 Å². The van der Waals surface area contributed by atoms with Gasteiger partial charge in [0.05, 0.1) is 17.4 Å². The van der Waals surface area contributed by atoms with Gasteiger partial charge in [0.1, 0.15) is 10.7 Å². The van der Waals surface area contributed by atoms with Crippen LogP contribution in [0.2, 0.25) is 0 Å². The summed E-state index contributed by atoms with van der Waals surface area (Å²) in [6.07, 6.45) is 7.01. The van der Waals surface area contributed by atoms with Crippen molar-refractivity contribution in [3.63, 3.8) is 0 Å². The first kappa shape index (κ1) is 18.7. The Hall–Kier alpha value is -3.36. The van der Waals surface area contributed by atoms with Crippen molar-refractivity contribution >= 4 is 32.4 Å². The van der Waals surface area contributed by atoms with E-state index in [-0.39, 0.29) is 4.90 Å². The third-order valence-electron chi connectivity index (χ3n) is 5.24. The van der Waals surface area contributed by atoms with Gasteiger partial charge in [0.25, 0.3) is 0 Å². The highest BCUT2D eigenvalue weighted by Gasteiger charge is 2.29. The summed E-state index contributed by atoms with van der Waals surface area (Å²) in [4.78, 5) is 13.1. The lowest BCUT2D eigenvalue weighted by molar-refractivity contribution is 0.391. The Balaban J connectivity index is 1.43. The zero-order valence-electron chi connectivity index (χ0n) is 16.1. The Morgan fingerprint density at radius 2 is 1.87 bits per heavy atom. The van der Waals surface area contributed by atoms with Gasteiger partial charge in [0.15, 0.2) is 0 Å². The molecule has 0 amide bonds. The number of pyridine rings is 3. The fourth-order valence-corrected chi connectivity index (χ4v) is 5.09. The van der Waals surface area contributed by atoms with E-state index in [0.717, 1.165) is 33.5 Å². The van der Waals surface area contributed by atoms with Crippen molar-refractivity contribution < 1.29 is 8.42 Å². The molecule has 0 unspecified atom stereocenters. The third-order valence-corrected chi connectivity index (χ3v) is 7.06. The first-order valence-corrected chi connectivity index (χ1v) is 11.0. The van der Waals surface area contributed by atoms with E-state index in [1.54, 1.807) is 30.7 Å². The van der Waals surface area contributed by atoms with Crippen molar-refractivity contribution in [1.29, 1.82) is 0 Å². The quantitative estimate of drug-likeness (QED) is 0.547. The highest BCUT2D eigenvalue weighted by atomic mass is 32.2. The van der Waals surface area contributed by atoms with Crippen molar-refractivity contribution in [2.45, 2.75) is 17.9 Å². The lowest BCUT2D eigenvalue weighted by atomic mass is 10.0. The van der Waals surface area contributed by atoms with Gasteiger partial charge in [-0.25, -0.2) is 13.4 Å². The average Bonchev–Trinajstić information content (AvgIpc) is 2.79. The fourth-order valence-electron chi connectivity index (χ4n) is 3.70. The maximum atomic E-state index is 12.9. The molecule has 150 valence electrons. The van der Waals surface area contributed by atoms with E-state index in [0.29, 0.717) is 19.5 Å². The Kier molecular flexibility index (Phi) is 4.65. The number of hydrogen-bond donors (Lipinski definition) is 1. The predicted molar refractivity (Wildman–Crippen MR) is 115 cm³/mol. The fraction of sp³-hybridized carbons (Fsp3) is 0.136. The van der Waals surface area contributed by atoms with E-state index in [9.17, 15) is 8.42 Å². The monoisotopic (exact) mass is 417 g/mol. The molecular formula is C22H19N5O2S. The van der Waals surface area contributed by atoms with E-state index in [1.807, 2.05) is 36.4 Å². The molecule has 0 radical (unpaired) electrons. The van der Waals surface area contributed by atoms with Crippen LogP contribution < -0.4 is 5.32 Å². The topological polar surface area (TPSA) is 88.1 Å². The second kappa shape index (κ2) is 7.47. The number of hydrogen-bond acceptors (Lipinski definition) is 6. The zero-order valence-corrected chi connectivity index (χ0v) is 16.9. The Bertz CT molecular complexity index is 1330. The van der Waals surface area contributed by atoms with Gasteiger partial charge in [-0.05, 0) is 42.3 Å². The lowest BCUT2D eigenvalue weighted by Crippen LogP contribution is -2.36. The number of para-hydroxylation sites is 1. The lowest BCUT2D eigenvalue weighted by Gasteiger charge is -2.29. The average molecular weight is 417 g/mol. The second-order valence-electron chi connectivity index (χ2n) is 7.12. The second-order valence-corrected chi connectivity index (χ2v) is 9.05. The molecule has 4 aromatic rings. The Labute approximate surface area is 174 Å². The van der Waals surface area contributed by atoms with Crippen molar-refractivity contribution in [2.24, 2.45) is 0 Å². The Morgan fingerprint density at radius 3 is 2.73 bits per heavy atom. The minimum absolute atomic E-state index is 0.211. The van der Waals surface area contributed by atoms with E-state index in [4.69, 9.17) is 0 Å². The largest absolute Gasteiger partial charge is 0.339 e. The number of nitrogens with zero attached hydrogens (tertiary/aromatic N) is 4. The first-order chi connectivity index (χ1) is 14.6. The van der Waals surface area contributed by atoms with Crippen LogP contribution in [0.15, 0.2) is 78.2 Å². The standard InChI is InChI=1S/C22H19N5O2S/c28-30(29,19-5-3-9-23-14-19)27-11-8-20-17(15-27)7-10-24-22(20)26-18-12-16-4-1-2-6-21(16)25-13-18/h1-7,9-10,12-14H,8,11,15H2,(H,24,26). The van der Waals surface area contributed by atoms with Crippen molar-refractivity contribution in [2.75, 3.05) is 11.9 Å². The molecular weight excluding hydrogens is 398 g/mol. The summed E-state index contributed by atoms with van der Waals surface area (Å²) in [6, 6.07) is 15.0. The minimum Gasteiger partial charge on any atom is -0.339 e. The van der Waals surface area contributed by atoms with Crippen LogP contribution in [-0.4, -0.2) is 34.2 Å². The van der Waals surface area contributed by atoms with E-state index in [2.05, 4.69) is 20.3 Å². The number of anilines is 2. The van der Waals surface area contributed by atoms with E-state index >= 15 is 0 Å². The van der Waals surface area contributed by atoms with Crippen molar-refractivity contribution in [1.82, 2.24) is 19.3 Å². The van der Waals surface area contributed by atoms with Crippen molar-refractivity contribution in [3.05, 3.63) is 84.4 Å². The summed E-state index contributed by atoms with van der Waals surface area (Å²) in [5.41, 5.74) is 3.76. The van der Waals surface area contributed by atoms with Crippen LogP contribution in [0.5, 0.6) is 0 Å². The molecule has 0 spiro atoms. The highest BCUT2D eigenvalue weighted by molar-refractivity contribution is 7.89. The smallest absolute Gasteiger partial charge is 0.244 e. The van der Waals surface area contributed by atoms with Gasteiger partial charge >= 0.3 is 0 Å². The molecule has 5 rings (SSSR count). The SMILES string of the molecule is O=S(=O)(c1cccnc1)N1CCc2c(ccnc2Nc2cnc3ccccc3c2)C1. The first-order valence-electron chi connectivity index (χ1n) is 9.60. The molecule has 30 heavy (non-hydrogen) atoms. The molecule has 0 saturated heterocycles. The zero-order chi connectivity index (χ0) is 20.6. The molecule has 0 atom stereocenters. The number of sulfonamides is 1. The van der Waals surface area contributed by atoms with Crippen LogP contribution in [0.4, 0.5) is 11.5 Å². The highest BCUT2D eigenvalue weighted by Crippen LogP contribution is 2.30. The molecule has 1 aromatic carbocycles. The molecule has 1 N–H and O–H groups in total. The molecule has 4 heterocycles. The summed E-state index contributed by atoms with van der Waals surface area (Å²) >= 11 is 0. The van der Waals surface area contributed by atoms with E-state index in [1.165, 1.54) is 10.5 Å². The van der Waals surface area contributed by atoms with Gasteiger partial charge in [-0.3, -0.25) is 9.97 Å². The molecule has 1 aliphatic heterocycles. The molecule has 0 bridgehead atoms. The molecule has 0 fully saturated rings. The number of rotatable bonds is 4. The number of aromatic nitrogens is 3. The molecule has 1 aliphatic rings. The number of nitrogens with one attached hydrogen (secondary N) is 1. The number of benzene rings is 1. The van der Waals surface area contributed by atoms with Gasteiger partial charge in [-0.2, -0.15) is 4.31 Å². The Morgan fingerprint density at radius 1 is 0.967 bits per heavy atom. The summed E-state index contributed by atoms with van der Waals surface area (Å²) < 4.78 is 27.4. The maximum absolute atomic E-state index is 12.9. The van der Waals surface area contributed by atoms with Gasteiger partial charge in [0.2, 0.25) is 10.0 Å². The summed E-state index contributed by atoms with van der Waals surface area (Å²) in [5, 5.41) is 4.40. The van der Waals surface area contributed by atoms with Gasteiger partial charge in [-0.1, -0.05) is 18.2 Å². The molecule has 3 aromatic heterocycles. The maximum Gasteiger partial charge on any atom is 0.244 e. The van der Waals surface area contributed by atoms with Crippen LogP contribution >= 0.6 is 0 Å². The van der Waals surface area contributed by atoms with Gasteiger partial charge < -0.3 is 5.32 Å². The van der Waals surface area contributed by atoms with Crippen LogP contribution in [0.1, 0.15) is 11.1 Å². The summed E-state index contributed by atoms with van der Waals surface area (Å²) in [6.45, 7) is 0.695. The van der Waals surface area contributed by atoms with E-state index < -0.39 is 10.0 Å². The molecule has 7 nitrogen and oxygen atoms in total. The van der Waals surface area contributed by atoms with Crippen LogP contribution in [0.25, 0.3) is 10.9 Å². The summed E-state index contributed by atoms with van der Waals surface area (Å²) in [7, 11) is -3.58.